The van der Waals surface area contributed by atoms with Crippen molar-refractivity contribution in [2.24, 2.45) is 0 Å². The number of ether oxygens (including phenoxy) is 1. The molecule has 1 heterocycles. The van der Waals surface area contributed by atoms with Gasteiger partial charge in [0, 0.05) is 23.4 Å². The number of H-pyrrole nitrogens is 1. The first-order chi connectivity index (χ1) is 13.2. The van der Waals surface area contributed by atoms with E-state index in [1.165, 1.54) is 36.3 Å². The van der Waals surface area contributed by atoms with Crippen molar-refractivity contribution in [3.8, 4) is 0 Å². The number of halogens is 1. The summed E-state index contributed by atoms with van der Waals surface area (Å²) >= 11 is 0. The summed E-state index contributed by atoms with van der Waals surface area (Å²) in [5.41, 5.74) is 1.95. The molecule has 0 bridgehead atoms. The van der Waals surface area contributed by atoms with Crippen LogP contribution < -0.4 is 0 Å². The van der Waals surface area contributed by atoms with Crippen molar-refractivity contribution >= 4 is 17.7 Å². The zero-order chi connectivity index (χ0) is 21.0. The van der Waals surface area contributed by atoms with Gasteiger partial charge in [-0.25, -0.2) is 9.18 Å². The largest absolute Gasteiger partial charge is 0.464 e. The highest BCUT2D eigenvalue weighted by molar-refractivity contribution is 6.07. The predicted molar refractivity (Wildman–Crippen MR) is 103 cm³/mol. The fraction of sp³-hybridized carbons (Fsp3) is 0.381. The summed E-state index contributed by atoms with van der Waals surface area (Å²) in [6, 6.07) is 4.48. The SMILES string of the molecule is CCCN(C(=O)c1ccc(F)cc1)[C@H](C)C(=O)c1c(C)[nH]c(C(=O)OC)c1C. The van der Waals surface area contributed by atoms with Gasteiger partial charge in [0.25, 0.3) is 5.91 Å². The molecule has 1 N–H and O–H groups in total. The first-order valence-electron chi connectivity index (χ1n) is 9.11. The van der Waals surface area contributed by atoms with Crippen LogP contribution in [0.15, 0.2) is 24.3 Å². The molecule has 0 aliphatic rings. The van der Waals surface area contributed by atoms with E-state index in [0.717, 1.165) is 0 Å². The highest BCUT2D eigenvalue weighted by atomic mass is 19.1. The van der Waals surface area contributed by atoms with Crippen molar-refractivity contribution in [1.29, 1.82) is 0 Å². The molecule has 28 heavy (non-hydrogen) atoms. The van der Waals surface area contributed by atoms with Crippen LogP contribution in [-0.2, 0) is 4.74 Å². The van der Waals surface area contributed by atoms with E-state index in [1.807, 2.05) is 6.92 Å². The number of aromatic nitrogens is 1. The average molecular weight is 388 g/mol. The van der Waals surface area contributed by atoms with Gasteiger partial charge in [0.05, 0.1) is 13.2 Å². The predicted octanol–water partition coefficient (Wildman–Crippen LogP) is 3.68. The van der Waals surface area contributed by atoms with Crippen LogP contribution in [0, 0.1) is 19.7 Å². The van der Waals surface area contributed by atoms with Crippen molar-refractivity contribution in [3.63, 3.8) is 0 Å². The number of aryl methyl sites for hydroxylation is 1. The minimum atomic E-state index is -0.754. The minimum absolute atomic E-state index is 0.224. The van der Waals surface area contributed by atoms with Gasteiger partial charge in [-0.3, -0.25) is 9.59 Å². The van der Waals surface area contributed by atoms with E-state index in [1.54, 1.807) is 20.8 Å². The molecule has 0 aliphatic carbocycles. The van der Waals surface area contributed by atoms with Crippen molar-refractivity contribution in [2.75, 3.05) is 13.7 Å². The van der Waals surface area contributed by atoms with Crippen LogP contribution in [-0.4, -0.2) is 47.2 Å². The molecule has 7 heteroatoms. The number of ketones is 1. The highest BCUT2D eigenvalue weighted by Crippen LogP contribution is 2.23. The number of carbonyl (C=O) groups excluding carboxylic acids is 3. The number of Topliss-reactive ketones (excluding diaryl/α,β-unsaturated/α-hetero) is 1. The van der Waals surface area contributed by atoms with E-state index >= 15 is 0 Å². The molecule has 2 rings (SSSR count). The lowest BCUT2D eigenvalue weighted by Gasteiger charge is -2.28. The van der Waals surface area contributed by atoms with Crippen molar-refractivity contribution in [2.45, 2.75) is 40.2 Å². The number of methoxy groups -OCH3 is 1. The zero-order valence-electron chi connectivity index (χ0n) is 16.8. The van der Waals surface area contributed by atoms with Crippen molar-refractivity contribution < 1.29 is 23.5 Å². The minimum Gasteiger partial charge on any atom is -0.464 e. The van der Waals surface area contributed by atoms with Crippen LogP contribution in [0.3, 0.4) is 0 Å². The van der Waals surface area contributed by atoms with Crippen molar-refractivity contribution in [3.05, 3.63) is 58.2 Å². The highest BCUT2D eigenvalue weighted by Gasteiger charge is 2.31. The normalized spacial score (nSPS) is 11.8. The molecule has 0 spiro atoms. The van der Waals surface area contributed by atoms with Crippen LogP contribution in [0.5, 0.6) is 0 Å². The molecule has 0 fully saturated rings. The lowest BCUT2D eigenvalue weighted by atomic mass is 9.99. The standard InChI is InChI=1S/C21H25FN2O4/c1-6-11-24(20(26)15-7-9-16(22)10-8-15)14(4)19(25)17-12(2)18(21(27)28-5)23-13(17)3/h7-10,14,23H,6,11H2,1-5H3/t14-/m1/s1. The van der Waals surface area contributed by atoms with Gasteiger partial charge in [-0.15, -0.1) is 0 Å². The maximum atomic E-state index is 13.2. The third kappa shape index (κ3) is 4.13. The zero-order valence-corrected chi connectivity index (χ0v) is 16.8. The quantitative estimate of drug-likeness (QED) is 0.580. The van der Waals surface area contributed by atoms with Gasteiger partial charge in [0.1, 0.15) is 11.5 Å². The van der Waals surface area contributed by atoms with Gasteiger partial charge in [0.2, 0.25) is 0 Å². The maximum absolute atomic E-state index is 13.2. The number of hydrogen-bond acceptors (Lipinski definition) is 4. The number of nitrogens with zero attached hydrogens (tertiary/aromatic N) is 1. The van der Waals surface area contributed by atoms with Gasteiger partial charge >= 0.3 is 5.97 Å². The Balaban J connectivity index is 2.37. The van der Waals surface area contributed by atoms with E-state index in [4.69, 9.17) is 4.74 Å². The number of aromatic amines is 1. The molecule has 0 saturated heterocycles. The molecule has 1 amide bonds. The number of hydrogen-bond donors (Lipinski definition) is 1. The number of rotatable bonds is 7. The maximum Gasteiger partial charge on any atom is 0.354 e. The molecule has 6 nitrogen and oxygen atoms in total. The summed E-state index contributed by atoms with van der Waals surface area (Å²) in [5.74, 6) is -1.61. The van der Waals surface area contributed by atoms with Crippen LogP contribution in [0.1, 0.15) is 62.7 Å². The Morgan fingerprint density at radius 3 is 2.32 bits per heavy atom. The molecule has 1 atom stereocenters. The Hall–Kier alpha value is -2.96. The molecular formula is C21H25FN2O4. The molecule has 0 aliphatic heterocycles. The number of esters is 1. The van der Waals surface area contributed by atoms with E-state index in [-0.39, 0.29) is 17.4 Å². The number of carbonyl (C=O) groups is 3. The summed E-state index contributed by atoms with van der Waals surface area (Å²) in [6.07, 6.45) is 0.656. The fourth-order valence-corrected chi connectivity index (χ4v) is 3.25. The molecule has 150 valence electrons. The van der Waals surface area contributed by atoms with E-state index in [0.29, 0.717) is 35.3 Å². The lowest BCUT2D eigenvalue weighted by Crippen LogP contribution is -2.44. The summed E-state index contributed by atoms with van der Waals surface area (Å²) < 4.78 is 17.9. The molecule has 0 unspecified atom stereocenters. The van der Waals surface area contributed by atoms with Gasteiger partial charge in [-0.1, -0.05) is 6.92 Å². The smallest absolute Gasteiger partial charge is 0.354 e. The summed E-state index contributed by atoms with van der Waals surface area (Å²) in [7, 11) is 1.27. The Bertz CT molecular complexity index is 887. The topological polar surface area (TPSA) is 79.5 Å². The molecule has 0 saturated carbocycles. The number of benzene rings is 1. The van der Waals surface area contributed by atoms with Gasteiger partial charge in [-0.05, 0) is 57.0 Å². The second kappa shape index (κ2) is 8.82. The van der Waals surface area contributed by atoms with Crippen LogP contribution in [0.2, 0.25) is 0 Å². The third-order valence-electron chi connectivity index (χ3n) is 4.74. The molecule has 0 radical (unpaired) electrons. The Labute approximate surface area is 163 Å². The Morgan fingerprint density at radius 1 is 1.18 bits per heavy atom. The second-order valence-corrected chi connectivity index (χ2v) is 6.66. The van der Waals surface area contributed by atoms with Crippen LogP contribution in [0.4, 0.5) is 4.39 Å². The van der Waals surface area contributed by atoms with E-state index < -0.39 is 17.8 Å². The number of amides is 1. The monoisotopic (exact) mass is 388 g/mol. The van der Waals surface area contributed by atoms with Gasteiger partial charge < -0.3 is 14.6 Å². The van der Waals surface area contributed by atoms with Crippen LogP contribution >= 0.6 is 0 Å². The molecular weight excluding hydrogens is 363 g/mol. The second-order valence-electron chi connectivity index (χ2n) is 6.66. The number of nitrogens with one attached hydrogen (secondary N) is 1. The van der Waals surface area contributed by atoms with E-state index in [2.05, 4.69) is 4.98 Å². The van der Waals surface area contributed by atoms with Crippen molar-refractivity contribution in [1.82, 2.24) is 9.88 Å². The van der Waals surface area contributed by atoms with E-state index in [9.17, 15) is 18.8 Å². The molecule has 2 aromatic rings. The van der Waals surface area contributed by atoms with Crippen LogP contribution in [0.25, 0.3) is 0 Å². The molecule has 1 aromatic carbocycles. The first kappa shape index (κ1) is 21.3. The summed E-state index contributed by atoms with van der Waals surface area (Å²) in [6.45, 7) is 7.30. The average Bonchev–Trinajstić information content (AvgIpc) is 2.98. The lowest BCUT2D eigenvalue weighted by molar-refractivity contribution is 0.0592. The Morgan fingerprint density at radius 2 is 1.79 bits per heavy atom. The summed E-state index contributed by atoms with van der Waals surface area (Å²) in [5, 5.41) is 0. The Kier molecular flexibility index (Phi) is 6.72. The fourth-order valence-electron chi connectivity index (χ4n) is 3.25. The van der Waals surface area contributed by atoms with Gasteiger partial charge in [0.15, 0.2) is 5.78 Å². The third-order valence-corrected chi connectivity index (χ3v) is 4.74. The van der Waals surface area contributed by atoms with Gasteiger partial charge in [-0.2, -0.15) is 0 Å². The first-order valence-corrected chi connectivity index (χ1v) is 9.11. The molecule has 1 aromatic heterocycles. The summed E-state index contributed by atoms with van der Waals surface area (Å²) in [4.78, 5) is 42.4.